The Labute approximate surface area is 288 Å². The van der Waals surface area contributed by atoms with Crippen LogP contribution in [0.2, 0.25) is 0 Å². The summed E-state index contributed by atoms with van der Waals surface area (Å²) < 4.78 is 6.64. The molecule has 12 nitrogen and oxygen atoms in total. The predicted octanol–water partition coefficient (Wildman–Crippen LogP) is 3.07. The first-order chi connectivity index (χ1) is 23.9. The van der Waals surface area contributed by atoms with Crippen LogP contribution >= 0.6 is 11.3 Å². The molecule has 4 atom stereocenters. The SMILES string of the molecule is O=C(NCCO)[C@H]1CCCC[C@H]1C(=O)N1CCc2cccc(OC3CCN(C(=O)c4cncs4)C3)c2[C@H]1CN1C(=O)c2ccccc2C1=O. The van der Waals surface area contributed by atoms with Gasteiger partial charge in [-0.05, 0) is 43.0 Å². The number of aromatic nitrogens is 1. The van der Waals surface area contributed by atoms with E-state index in [9.17, 15) is 29.1 Å². The van der Waals surface area contributed by atoms with Crippen LogP contribution in [0.4, 0.5) is 0 Å². The Kier molecular flexibility index (Phi) is 9.46. The number of fused-ring (bicyclic) bond motifs is 2. The number of imide groups is 1. The summed E-state index contributed by atoms with van der Waals surface area (Å²) >= 11 is 1.30. The summed E-state index contributed by atoms with van der Waals surface area (Å²) in [6, 6.07) is 11.7. The van der Waals surface area contributed by atoms with E-state index in [2.05, 4.69) is 10.3 Å². The van der Waals surface area contributed by atoms with E-state index in [0.29, 0.717) is 67.1 Å². The van der Waals surface area contributed by atoms with Crippen molar-refractivity contribution in [3.63, 3.8) is 0 Å². The third kappa shape index (κ3) is 6.32. The molecule has 5 amide bonds. The summed E-state index contributed by atoms with van der Waals surface area (Å²) in [6.45, 7) is 1.12. The largest absolute Gasteiger partial charge is 0.488 e. The maximum Gasteiger partial charge on any atom is 0.265 e. The van der Waals surface area contributed by atoms with E-state index in [0.717, 1.165) is 24.0 Å². The number of amides is 5. The van der Waals surface area contributed by atoms with Crippen molar-refractivity contribution in [1.82, 2.24) is 25.0 Å². The lowest BCUT2D eigenvalue weighted by Gasteiger charge is -2.43. The molecular formula is C36H39N5O7S. The molecule has 1 saturated heterocycles. The maximum absolute atomic E-state index is 14.6. The summed E-state index contributed by atoms with van der Waals surface area (Å²) in [6.07, 6.45) is 5.16. The van der Waals surface area contributed by atoms with E-state index < -0.39 is 29.7 Å². The monoisotopic (exact) mass is 685 g/mol. The smallest absolute Gasteiger partial charge is 0.265 e. The molecule has 7 rings (SSSR count). The molecule has 2 N–H and O–H groups in total. The van der Waals surface area contributed by atoms with Crippen LogP contribution in [0.15, 0.2) is 54.2 Å². The van der Waals surface area contributed by atoms with Crippen LogP contribution in [0.5, 0.6) is 5.75 Å². The molecule has 0 spiro atoms. The number of likely N-dealkylation sites (tertiary alicyclic amines) is 1. The minimum absolute atomic E-state index is 0.0692. The minimum atomic E-state index is -0.714. The predicted molar refractivity (Wildman–Crippen MR) is 179 cm³/mol. The van der Waals surface area contributed by atoms with Gasteiger partial charge in [-0.3, -0.25) is 33.9 Å². The molecule has 4 heterocycles. The van der Waals surface area contributed by atoms with E-state index in [1.165, 1.54) is 16.2 Å². The Hall–Kier alpha value is -4.62. The van der Waals surface area contributed by atoms with Crippen LogP contribution in [0, 0.1) is 11.8 Å². The number of benzene rings is 2. The number of rotatable bonds is 9. The number of carbonyl (C=O) groups is 5. The van der Waals surface area contributed by atoms with Crippen LogP contribution in [-0.2, 0) is 16.0 Å². The zero-order valence-corrected chi connectivity index (χ0v) is 27.9. The van der Waals surface area contributed by atoms with Gasteiger partial charge >= 0.3 is 0 Å². The molecule has 0 radical (unpaired) electrons. The average molecular weight is 686 g/mol. The third-order valence-electron chi connectivity index (χ3n) is 10.2. The van der Waals surface area contributed by atoms with Crippen molar-refractivity contribution < 1.29 is 33.8 Å². The lowest BCUT2D eigenvalue weighted by Crippen LogP contribution is -2.51. The average Bonchev–Trinajstić information content (AvgIpc) is 3.89. The van der Waals surface area contributed by atoms with Crippen LogP contribution in [0.25, 0.3) is 0 Å². The highest BCUT2D eigenvalue weighted by molar-refractivity contribution is 7.11. The number of hydrogen-bond donors (Lipinski definition) is 2. The van der Waals surface area contributed by atoms with Gasteiger partial charge in [0.1, 0.15) is 16.7 Å². The molecule has 13 heteroatoms. The van der Waals surface area contributed by atoms with E-state index >= 15 is 0 Å². The highest BCUT2D eigenvalue weighted by Gasteiger charge is 2.45. The first-order valence-electron chi connectivity index (χ1n) is 17.0. The van der Waals surface area contributed by atoms with E-state index in [-0.39, 0.29) is 43.5 Å². The molecule has 1 saturated carbocycles. The number of nitrogens with one attached hydrogen (secondary N) is 1. The van der Waals surface area contributed by atoms with Crippen molar-refractivity contribution in [2.45, 2.75) is 50.7 Å². The van der Waals surface area contributed by atoms with Gasteiger partial charge in [0, 0.05) is 43.5 Å². The second kappa shape index (κ2) is 14.1. The molecule has 2 fully saturated rings. The van der Waals surface area contributed by atoms with Crippen LogP contribution in [-0.4, -0.2) is 99.8 Å². The standard InChI is InChI=1S/C36H39N5O7S/c42-17-14-38-32(43)24-7-1-2-8-25(24)33(44)40-16-12-22-6-5-11-29(48-23-13-15-39(19-23)36(47)30-18-37-21-49-30)31(22)28(40)20-41-34(45)26-9-3-4-10-27(26)35(41)46/h3-6,9-11,18,21,23-25,28,42H,1-2,7-8,12-17,19-20H2,(H,38,43)/t23?,24-,25+,28+/m0/s1. The lowest BCUT2D eigenvalue weighted by atomic mass is 9.77. The van der Waals surface area contributed by atoms with E-state index in [1.54, 1.807) is 45.8 Å². The minimum Gasteiger partial charge on any atom is -0.488 e. The number of thiazole rings is 1. The first-order valence-corrected chi connectivity index (χ1v) is 17.8. The molecule has 3 aromatic rings. The summed E-state index contributed by atoms with van der Waals surface area (Å²) in [5.41, 5.74) is 3.99. The third-order valence-corrected chi connectivity index (χ3v) is 11.0. The van der Waals surface area contributed by atoms with Crippen LogP contribution < -0.4 is 10.1 Å². The molecule has 49 heavy (non-hydrogen) atoms. The number of hydrogen-bond acceptors (Lipinski definition) is 9. The second-order valence-electron chi connectivity index (χ2n) is 13.1. The van der Waals surface area contributed by atoms with Gasteiger partial charge in [-0.2, -0.15) is 0 Å². The zero-order chi connectivity index (χ0) is 34.1. The Morgan fingerprint density at radius 3 is 2.43 bits per heavy atom. The quantitative estimate of drug-likeness (QED) is 0.327. The van der Waals surface area contributed by atoms with Gasteiger partial charge < -0.3 is 25.0 Å². The van der Waals surface area contributed by atoms with Crippen LogP contribution in [0.1, 0.15) is 79.7 Å². The molecule has 4 aliphatic rings. The van der Waals surface area contributed by atoms with Crippen molar-refractivity contribution in [2.24, 2.45) is 11.8 Å². The van der Waals surface area contributed by atoms with Gasteiger partial charge in [-0.25, -0.2) is 0 Å². The number of aliphatic hydroxyl groups is 1. The van der Waals surface area contributed by atoms with E-state index in [4.69, 9.17) is 4.74 Å². The highest BCUT2D eigenvalue weighted by Crippen LogP contribution is 2.42. The summed E-state index contributed by atoms with van der Waals surface area (Å²) in [5.74, 6) is -1.91. The van der Waals surface area contributed by atoms with Gasteiger partial charge in [0.05, 0.1) is 48.6 Å². The van der Waals surface area contributed by atoms with Crippen molar-refractivity contribution in [3.8, 4) is 5.75 Å². The van der Waals surface area contributed by atoms with Gasteiger partial charge in [-0.15, -0.1) is 11.3 Å². The zero-order valence-electron chi connectivity index (χ0n) is 27.1. The van der Waals surface area contributed by atoms with Crippen molar-refractivity contribution in [3.05, 3.63) is 81.3 Å². The van der Waals surface area contributed by atoms with E-state index in [1.807, 2.05) is 18.2 Å². The fraction of sp³-hybridized carbons (Fsp3) is 0.444. The number of nitrogens with zero attached hydrogens (tertiary/aromatic N) is 4. The highest BCUT2D eigenvalue weighted by atomic mass is 32.1. The van der Waals surface area contributed by atoms with Gasteiger partial charge in [0.15, 0.2) is 0 Å². The molecule has 2 aromatic carbocycles. The molecule has 256 valence electrons. The van der Waals surface area contributed by atoms with Gasteiger partial charge in [0.25, 0.3) is 17.7 Å². The van der Waals surface area contributed by atoms with Gasteiger partial charge in [0.2, 0.25) is 11.8 Å². The first kappa shape index (κ1) is 32.9. The molecule has 1 aliphatic carbocycles. The molecule has 3 aliphatic heterocycles. The Morgan fingerprint density at radius 1 is 0.959 bits per heavy atom. The fourth-order valence-corrected chi connectivity index (χ4v) is 8.39. The summed E-state index contributed by atoms with van der Waals surface area (Å²) in [4.78, 5) is 77.4. The molecular weight excluding hydrogens is 646 g/mol. The Balaban J connectivity index is 1.20. The number of carbonyl (C=O) groups excluding carboxylic acids is 5. The normalized spacial score (nSPS) is 23.3. The maximum atomic E-state index is 14.6. The fourth-order valence-electron chi connectivity index (χ4n) is 7.80. The second-order valence-corrected chi connectivity index (χ2v) is 13.9. The summed E-state index contributed by atoms with van der Waals surface area (Å²) in [7, 11) is 0. The number of aliphatic hydroxyl groups excluding tert-OH is 1. The topological polar surface area (TPSA) is 149 Å². The van der Waals surface area contributed by atoms with Crippen molar-refractivity contribution >= 4 is 40.9 Å². The van der Waals surface area contributed by atoms with Gasteiger partial charge in [-0.1, -0.05) is 37.1 Å². The lowest BCUT2D eigenvalue weighted by molar-refractivity contribution is -0.146. The summed E-state index contributed by atoms with van der Waals surface area (Å²) in [5, 5.41) is 12.1. The molecule has 0 bridgehead atoms. The Bertz CT molecular complexity index is 1730. The Morgan fingerprint density at radius 2 is 1.71 bits per heavy atom. The van der Waals surface area contributed by atoms with Crippen LogP contribution in [0.3, 0.4) is 0 Å². The molecule has 1 unspecified atom stereocenters. The van der Waals surface area contributed by atoms with Crippen molar-refractivity contribution in [2.75, 3.05) is 39.3 Å². The number of ether oxygens (including phenoxy) is 1. The molecule has 1 aromatic heterocycles. The van der Waals surface area contributed by atoms with Crippen molar-refractivity contribution in [1.29, 1.82) is 0 Å².